The molecule has 9 rings (SSSR count). The lowest BCUT2D eigenvalue weighted by molar-refractivity contribution is 0.442. The summed E-state index contributed by atoms with van der Waals surface area (Å²) in [6.07, 6.45) is 0. The Bertz CT molecular complexity index is 2780. The summed E-state index contributed by atoms with van der Waals surface area (Å²) in [5.41, 5.74) is 10.9. The van der Waals surface area contributed by atoms with Crippen molar-refractivity contribution >= 4 is 53.4 Å². The van der Waals surface area contributed by atoms with Gasteiger partial charge in [0.05, 0.1) is 22.1 Å². The van der Waals surface area contributed by atoms with Gasteiger partial charge in [-0.1, -0.05) is 107 Å². The number of sulfone groups is 1. The minimum atomic E-state index is -3.87. The molecule has 1 aliphatic rings. The second-order valence-corrected chi connectivity index (χ2v) is 22.4. The van der Waals surface area contributed by atoms with Crippen molar-refractivity contribution < 1.29 is 13.2 Å². The molecule has 58 heavy (non-hydrogen) atoms. The first-order chi connectivity index (χ1) is 27.0. The number of aromatic nitrogens is 2. The highest BCUT2D eigenvalue weighted by Crippen LogP contribution is 2.47. The fourth-order valence-corrected chi connectivity index (χ4v) is 10.0. The number of hydrogen-bond acceptors (Lipinski definition) is 3. The molecule has 1 aliphatic heterocycles. The Morgan fingerprint density at radius 2 is 0.655 bits per heavy atom. The molecule has 0 aliphatic carbocycles. The van der Waals surface area contributed by atoms with Gasteiger partial charge in [0, 0.05) is 45.1 Å². The quantitative estimate of drug-likeness (QED) is 0.175. The lowest BCUT2D eigenvalue weighted by Gasteiger charge is -2.23. The third-order valence-corrected chi connectivity index (χ3v) is 14.0. The van der Waals surface area contributed by atoms with Crippen LogP contribution in [0.1, 0.15) is 105 Å². The van der Waals surface area contributed by atoms with E-state index in [0.29, 0.717) is 11.5 Å². The molecule has 6 aromatic carbocycles. The number of hydrogen-bond donors (Lipinski definition) is 0. The van der Waals surface area contributed by atoms with E-state index in [2.05, 4.69) is 165 Å². The summed E-state index contributed by atoms with van der Waals surface area (Å²) >= 11 is 0. The van der Waals surface area contributed by atoms with Gasteiger partial charge in [-0.3, -0.25) is 0 Å². The molecule has 0 radical (unpaired) electrons. The monoisotopic (exact) mass is 786 g/mol. The van der Waals surface area contributed by atoms with Crippen LogP contribution in [0.3, 0.4) is 0 Å². The van der Waals surface area contributed by atoms with Gasteiger partial charge in [0.1, 0.15) is 21.3 Å². The van der Waals surface area contributed by atoms with E-state index in [0.717, 1.165) is 33.4 Å². The topological polar surface area (TPSA) is 53.2 Å². The normalized spacial score (nSPS) is 14.6. The predicted molar refractivity (Wildman–Crippen MR) is 242 cm³/mol. The van der Waals surface area contributed by atoms with E-state index < -0.39 is 9.84 Å². The number of fused-ring (bicyclic) bond motifs is 8. The second kappa shape index (κ2) is 12.3. The molecule has 6 heteroatoms. The molecule has 8 aromatic rings. The molecule has 3 heterocycles. The van der Waals surface area contributed by atoms with Gasteiger partial charge in [-0.05, 0) is 117 Å². The van der Waals surface area contributed by atoms with E-state index in [1.54, 1.807) is 12.1 Å². The molecule has 0 bridgehead atoms. The van der Waals surface area contributed by atoms with Crippen molar-refractivity contribution in [1.82, 2.24) is 9.13 Å². The van der Waals surface area contributed by atoms with Crippen LogP contribution >= 0.6 is 0 Å². The zero-order valence-electron chi connectivity index (χ0n) is 35.9. The van der Waals surface area contributed by atoms with Crippen molar-refractivity contribution in [2.75, 3.05) is 0 Å². The predicted octanol–water partition coefficient (Wildman–Crippen LogP) is 14.0. The van der Waals surface area contributed by atoms with Gasteiger partial charge in [-0.2, -0.15) is 0 Å². The van der Waals surface area contributed by atoms with E-state index in [4.69, 9.17) is 4.74 Å². The summed E-state index contributed by atoms with van der Waals surface area (Å²) in [4.78, 5) is 0.340. The molecular formula is C52H54N2O3S. The van der Waals surface area contributed by atoms with Gasteiger partial charge in [-0.25, -0.2) is 8.42 Å². The summed E-state index contributed by atoms with van der Waals surface area (Å²) in [6.45, 7) is 26.9. The molecule has 0 amide bonds. The Hall–Kier alpha value is -5.33. The minimum Gasteiger partial charge on any atom is -0.454 e. The Morgan fingerprint density at radius 1 is 0.379 bits per heavy atom. The van der Waals surface area contributed by atoms with Crippen LogP contribution in [-0.2, 0) is 31.5 Å². The Kier molecular flexibility index (Phi) is 8.13. The van der Waals surface area contributed by atoms with Crippen LogP contribution in [0, 0.1) is 0 Å². The molecule has 0 saturated carbocycles. The van der Waals surface area contributed by atoms with E-state index in [1.165, 1.54) is 43.8 Å². The van der Waals surface area contributed by atoms with Gasteiger partial charge in [0.15, 0.2) is 0 Å². The van der Waals surface area contributed by atoms with Crippen molar-refractivity contribution in [3.8, 4) is 22.9 Å². The molecule has 0 atom stereocenters. The summed E-state index contributed by atoms with van der Waals surface area (Å²) in [5.74, 6) is 0.642. The molecule has 0 N–H and O–H groups in total. The van der Waals surface area contributed by atoms with Crippen LogP contribution in [0.2, 0.25) is 0 Å². The first-order valence-corrected chi connectivity index (χ1v) is 21.9. The number of rotatable bonds is 2. The Morgan fingerprint density at radius 3 is 0.914 bits per heavy atom. The molecule has 296 valence electrons. The van der Waals surface area contributed by atoms with Gasteiger partial charge < -0.3 is 13.9 Å². The average Bonchev–Trinajstić information content (AvgIpc) is 3.64. The SMILES string of the molecule is CC(C)(C)c1ccc2c(c1)c1cc(C(C)(C)C)ccc1n2-c1ccc2c(c1)Oc1cc(-n3c4ccc(C(C)(C)C)cc4c4cc(C(C)(C)C)ccc43)ccc1S2(=O)=O. The molecule has 0 unspecified atom stereocenters. The Labute approximate surface area is 343 Å². The van der Waals surface area contributed by atoms with Gasteiger partial charge >= 0.3 is 0 Å². The minimum absolute atomic E-state index is 0.0194. The fraction of sp³-hybridized carbons (Fsp3) is 0.308. The first-order valence-electron chi connectivity index (χ1n) is 20.4. The lowest BCUT2D eigenvalue weighted by Crippen LogP contribution is -2.12. The maximum Gasteiger partial charge on any atom is 0.213 e. The highest BCUT2D eigenvalue weighted by atomic mass is 32.2. The zero-order chi connectivity index (χ0) is 41.5. The van der Waals surface area contributed by atoms with E-state index in [9.17, 15) is 8.42 Å². The third-order valence-electron chi connectivity index (χ3n) is 12.2. The average molecular weight is 787 g/mol. The standard InChI is InChI=1S/C52H54N2O3S/c1-49(2,3)31-13-19-41-37(25-31)38-26-32(50(4,5)6)14-20-42(38)53(41)35-17-23-47-45(29-35)57-46-30-36(18-24-48(46)58(47,55)56)54-43-21-15-33(51(7,8)9)27-39(43)40-28-34(52(10,11)12)16-22-44(40)54/h13-30H,1-12H3. The number of nitrogens with zero attached hydrogens (tertiary/aromatic N) is 2. The van der Waals surface area contributed by atoms with Crippen molar-refractivity contribution in [2.45, 2.75) is 115 Å². The molecular weight excluding hydrogens is 733 g/mol. The van der Waals surface area contributed by atoms with Gasteiger partial charge in [0.25, 0.3) is 0 Å². The molecule has 0 saturated heterocycles. The summed E-state index contributed by atoms with van der Waals surface area (Å²) in [6, 6.07) is 37.9. The zero-order valence-corrected chi connectivity index (χ0v) is 36.7. The van der Waals surface area contributed by atoms with E-state index in [-0.39, 0.29) is 31.5 Å². The highest BCUT2D eigenvalue weighted by Gasteiger charge is 2.33. The third kappa shape index (κ3) is 5.97. The maximum absolute atomic E-state index is 14.4. The Balaban J connectivity index is 1.21. The lowest BCUT2D eigenvalue weighted by atomic mass is 9.85. The summed E-state index contributed by atoms with van der Waals surface area (Å²) in [5, 5.41) is 4.69. The van der Waals surface area contributed by atoms with E-state index >= 15 is 0 Å². The number of ether oxygens (including phenoxy) is 1. The van der Waals surface area contributed by atoms with Crippen molar-refractivity contribution in [2.24, 2.45) is 0 Å². The largest absolute Gasteiger partial charge is 0.454 e. The molecule has 5 nitrogen and oxygen atoms in total. The van der Waals surface area contributed by atoms with Crippen LogP contribution in [0.25, 0.3) is 55.0 Å². The van der Waals surface area contributed by atoms with Crippen LogP contribution in [0.5, 0.6) is 11.5 Å². The van der Waals surface area contributed by atoms with E-state index in [1.807, 2.05) is 24.3 Å². The van der Waals surface area contributed by atoms with Crippen molar-refractivity contribution in [3.63, 3.8) is 0 Å². The van der Waals surface area contributed by atoms with Crippen LogP contribution in [0.4, 0.5) is 0 Å². The van der Waals surface area contributed by atoms with Gasteiger partial charge in [-0.15, -0.1) is 0 Å². The molecule has 2 aromatic heterocycles. The first kappa shape index (κ1) is 38.2. The summed E-state index contributed by atoms with van der Waals surface area (Å²) < 4.78 is 39.9. The van der Waals surface area contributed by atoms with Crippen molar-refractivity contribution in [3.05, 3.63) is 131 Å². The second-order valence-electron chi connectivity index (χ2n) is 20.5. The van der Waals surface area contributed by atoms with Gasteiger partial charge in [0.2, 0.25) is 9.84 Å². The summed E-state index contributed by atoms with van der Waals surface area (Å²) in [7, 11) is -3.87. The fourth-order valence-electron chi connectivity index (χ4n) is 8.58. The molecule has 0 spiro atoms. The highest BCUT2D eigenvalue weighted by molar-refractivity contribution is 7.91. The van der Waals surface area contributed by atoms with Crippen LogP contribution < -0.4 is 4.74 Å². The maximum atomic E-state index is 14.4. The smallest absolute Gasteiger partial charge is 0.213 e. The molecule has 0 fully saturated rings. The van der Waals surface area contributed by atoms with Crippen LogP contribution in [-0.4, -0.2) is 17.6 Å². The number of benzene rings is 6. The van der Waals surface area contributed by atoms with Crippen molar-refractivity contribution in [1.29, 1.82) is 0 Å². The van der Waals surface area contributed by atoms with Crippen LogP contribution in [0.15, 0.2) is 119 Å².